The van der Waals surface area contributed by atoms with Crippen molar-refractivity contribution >= 4 is 23.3 Å². The molecule has 3 aromatic carbocycles. The van der Waals surface area contributed by atoms with Crippen molar-refractivity contribution in [3.8, 4) is 11.1 Å². The van der Waals surface area contributed by atoms with Gasteiger partial charge in [0, 0.05) is 9.64 Å². The zero-order chi connectivity index (χ0) is 20.6. The third-order valence-corrected chi connectivity index (χ3v) is 6.49. The smallest absolute Gasteiger partial charge is 0.335 e. The van der Waals surface area contributed by atoms with E-state index in [1.165, 1.54) is 27.2 Å². The molecule has 0 atom stereocenters. The first-order chi connectivity index (χ1) is 13.9. The van der Waals surface area contributed by atoms with E-state index in [1.54, 1.807) is 12.1 Å². The lowest BCUT2D eigenvalue weighted by Crippen LogP contribution is -2.16. The number of hydrogen-bond acceptors (Lipinski definition) is 2. The number of carboxylic acid groups (broad SMARTS) is 1. The summed E-state index contributed by atoms with van der Waals surface area (Å²) in [5.41, 5.74) is 7.49. The number of fused-ring (bicyclic) bond motifs is 1. The van der Waals surface area contributed by atoms with E-state index in [0.29, 0.717) is 5.56 Å². The molecule has 0 saturated heterocycles. The molecular weight excluding hydrogens is 376 g/mol. The molecule has 29 heavy (non-hydrogen) atoms. The van der Waals surface area contributed by atoms with Gasteiger partial charge in [0.2, 0.25) is 0 Å². The quantitative estimate of drug-likeness (QED) is 0.516. The topological polar surface area (TPSA) is 37.3 Å². The Morgan fingerprint density at radius 1 is 0.897 bits per heavy atom. The number of aryl methyl sites for hydroxylation is 1. The minimum Gasteiger partial charge on any atom is -0.478 e. The van der Waals surface area contributed by atoms with Gasteiger partial charge in [-0.05, 0) is 77.9 Å². The number of thioether (sulfide) groups is 1. The summed E-state index contributed by atoms with van der Waals surface area (Å²) in [4.78, 5) is 12.4. The van der Waals surface area contributed by atoms with Gasteiger partial charge in [0.05, 0.1) is 5.56 Å². The third kappa shape index (κ3) is 4.01. The van der Waals surface area contributed by atoms with Gasteiger partial charge in [0.15, 0.2) is 0 Å². The monoisotopic (exact) mass is 400 g/mol. The summed E-state index contributed by atoms with van der Waals surface area (Å²) >= 11 is 1.88. The van der Waals surface area contributed by atoms with E-state index in [-0.39, 0.29) is 4.75 Å². The van der Waals surface area contributed by atoms with Crippen molar-refractivity contribution in [1.82, 2.24) is 0 Å². The molecule has 3 aromatic rings. The van der Waals surface area contributed by atoms with E-state index in [9.17, 15) is 4.79 Å². The van der Waals surface area contributed by atoms with E-state index >= 15 is 0 Å². The molecule has 1 aliphatic rings. The Morgan fingerprint density at radius 2 is 1.52 bits per heavy atom. The van der Waals surface area contributed by atoms with Crippen LogP contribution in [0.3, 0.4) is 0 Å². The molecule has 0 saturated carbocycles. The number of aromatic carboxylic acids is 1. The Morgan fingerprint density at radius 3 is 2.14 bits per heavy atom. The second-order valence-electron chi connectivity index (χ2n) is 7.91. The maximum atomic E-state index is 11.1. The summed E-state index contributed by atoms with van der Waals surface area (Å²) < 4.78 is 0.0242. The Kier molecular flexibility index (Phi) is 5.10. The summed E-state index contributed by atoms with van der Waals surface area (Å²) in [5, 5.41) is 9.14. The van der Waals surface area contributed by atoms with Crippen LogP contribution in [-0.4, -0.2) is 15.8 Å². The number of carboxylic acids is 1. The number of carbonyl (C=O) groups is 1. The molecule has 4 rings (SSSR count). The molecule has 146 valence electrons. The van der Waals surface area contributed by atoms with Crippen LogP contribution in [0.2, 0.25) is 0 Å². The zero-order valence-electron chi connectivity index (χ0n) is 16.9. The fourth-order valence-corrected chi connectivity index (χ4v) is 4.87. The molecule has 0 spiro atoms. The molecule has 0 aromatic heterocycles. The van der Waals surface area contributed by atoms with Gasteiger partial charge in [0.25, 0.3) is 0 Å². The minimum absolute atomic E-state index is 0.0242. The predicted octanol–water partition coefficient (Wildman–Crippen LogP) is 6.93. The normalized spacial score (nSPS) is 14.8. The molecule has 0 radical (unpaired) electrons. The van der Waals surface area contributed by atoms with Gasteiger partial charge in [-0.2, -0.15) is 0 Å². The zero-order valence-corrected chi connectivity index (χ0v) is 17.7. The first kappa shape index (κ1) is 19.5. The highest BCUT2D eigenvalue weighted by Crippen LogP contribution is 2.47. The van der Waals surface area contributed by atoms with Gasteiger partial charge in [-0.25, -0.2) is 4.79 Å². The first-order valence-electron chi connectivity index (χ1n) is 9.85. The molecule has 1 N–H and O–H groups in total. The van der Waals surface area contributed by atoms with E-state index in [1.807, 2.05) is 23.9 Å². The largest absolute Gasteiger partial charge is 0.478 e. The highest BCUT2D eigenvalue weighted by Gasteiger charge is 2.27. The summed E-state index contributed by atoms with van der Waals surface area (Å²) in [6, 6.07) is 22.5. The summed E-state index contributed by atoms with van der Waals surface area (Å²) in [7, 11) is 0. The van der Waals surface area contributed by atoms with Crippen molar-refractivity contribution in [3.05, 3.63) is 95.1 Å². The fraction of sp³-hybridized carbons (Fsp3) is 0.192. The standard InChI is InChI=1S/C26H24O2S/c1-4-17-5-7-19(8-6-17)23-16-26(2,3)29-24-14-13-21(15-22(23)24)18-9-11-20(12-10-18)25(27)28/h5-16H,4H2,1-3H3,(H,27,28). The van der Waals surface area contributed by atoms with E-state index in [2.05, 4.69) is 69.3 Å². The first-order valence-corrected chi connectivity index (χ1v) is 10.7. The van der Waals surface area contributed by atoms with Crippen LogP contribution in [0.15, 0.2) is 77.7 Å². The molecule has 2 nitrogen and oxygen atoms in total. The summed E-state index contributed by atoms with van der Waals surface area (Å²) in [6.07, 6.45) is 3.39. The maximum Gasteiger partial charge on any atom is 0.335 e. The van der Waals surface area contributed by atoms with Gasteiger partial charge in [-0.3, -0.25) is 0 Å². The Bertz CT molecular complexity index is 1090. The molecule has 0 unspecified atom stereocenters. The van der Waals surface area contributed by atoms with Crippen LogP contribution < -0.4 is 0 Å². The van der Waals surface area contributed by atoms with Crippen LogP contribution in [-0.2, 0) is 6.42 Å². The van der Waals surface area contributed by atoms with Crippen molar-refractivity contribution in [2.24, 2.45) is 0 Å². The van der Waals surface area contributed by atoms with Crippen LogP contribution in [0.5, 0.6) is 0 Å². The minimum atomic E-state index is -0.902. The molecule has 1 heterocycles. The van der Waals surface area contributed by atoms with Crippen LogP contribution in [0.25, 0.3) is 16.7 Å². The predicted molar refractivity (Wildman–Crippen MR) is 122 cm³/mol. The van der Waals surface area contributed by atoms with Crippen molar-refractivity contribution in [3.63, 3.8) is 0 Å². The number of rotatable bonds is 4. The average molecular weight is 401 g/mol. The molecule has 3 heteroatoms. The van der Waals surface area contributed by atoms with E-state index in [0.717, 1.165) is 17.5 Å². The van der Waals surface area contributed by atoms with Crippen LogP contribution >= 0.6 is 11.8 Å². The number of benzene rings is 3. The van der Waals surface area contributed by atoms with Gasteiger partial charge >= 0.3 is 5.97 Å². The molecular formula is C26H24O2S. The van der Waals surface area contributed by atoms with Crippen molar-refractivity contribution in [1.29, 1.82) is 0 Å². The average Bonchev–Trinajstić information content (AvgIpc) is 2.72. The van der Waals surface area contributed by atoms with Crippen molar-refractivity contribution in [2.75, 3.05) is 0 Å². The maximum absolute atomic E-state index is 11.1. The second-order valence-corrected chi connectivity index (χ2v) is 9.60. The van der Waals surface area contributed by atoms with Gasteiger partial charge in [-0.15, -0.1) is 11.8 Å². The van der Waals surface area contributed by atoms with Gasteiger partial charge in [-0.1, -0.05) is 55.5 Å². The van der Waals surface area contributed by atoms with E-state index < -0.39 is 5.97 Å². The van der Waals surface area contributed by atoms with Crippen molar-refractivity contribution in [2.45, 2.75) is 36.8 Å². The lowest BCUT2D eigenvalue weighted by molar-refractivity contribution is 0.0697. The Labute approximate surface area is 176 Å². The van der Waals surface area contributed by atoms with Crippen LogP contribution in [0.1, 0.15) is 47.8 Å². The highest BCUT2D eigenvalue weighted by atomic mass is 32.2. The second kappa shape index (κ2) is 7.57. The van der Waals surface area contributed by atoms with E-state index in [4.69, 9.17) is 5.11 Å². The fourth-order valence-electron chi connectivity index (χ4n) is 3.71. The highest BCUT2D eigenvalue weighted by molar-refractivity contribution is 8.01. The summed E-state index contributed by atoms with van der Waals surface area (Å²) in [5.74, 6) is -0.902. The third-order valence-electron chi connectivity index (χ3n) is 5.27. The molecule has 0 aliphatic carbocycles. The molecule has 0 bridgehead atoms. The SMILES string of the molecule is CCc1ccc(C2=CC(C)(C)Sc3ccc(-c4ccc(C(=O)O)cc4)cc32)cc1. The lowest BCUT2D eigenvalue weighted by Gasteiger charge is -2.30. The van der Waals surface area contributed by atoms with Crippen molar-refractivity contribution < 1.29 is 9.90 Å². The van der Waals surface area contributed by atoms with Crippen LogP contribution in [0.4, 0.5) is 0 Å². The lowest BCUT2D eigenvalue weighted by atomic mass is 9.91. The summed E-state index contributed by atoms with van der Waals surface area (Å²) in [6.45, 7) is 6.67. The number of hydrogen-bond donors (Lipinski definition) is 1. The molecule has 1 aliphatic heterocycles. The molecule has 0 fully saturated rings. The Balaban J connectivity index is 1.79. The van der Waals surface area contributed by atoms with Crippen LogP contribution in [0, 0.1) is 0 Å². The van der Waals surface area contributed by atoms with Gasteiger partial charge in [0.1, 0.15) is 0 Å². The molecule has 0 amide bonds. The Hall–Kier alpha value is -2.78. The van der Waals surface area contributed by atoms with Gasteiger partial charge < -0.3 is 5.11 Å².